The van der Waals surface area contributed by atoms with E-state index >= 15 is 0 Å². The van der Waals surface area contributed by atoms with E-state index in [1.165, 1.54) is 10.2 Å². The van der Waals surface area contributed by atoms with Crippen LogP contribution in [0.2, 0.25) is 0 Å². The number of para-hydroxylation sites is 1. The number of carbonyl (C=O) groups is 1. The smallest absolute Gasteiger partial charge is 0.267 e. The molecular weight excluding hydrogens is 454 g/mol. The first-order valence-electron chi connectivity index (χ1n) is 10.2. The molecule has 1 heterocycles. The van der Waals surface area contributed by atoms with Gasteiger partial charge < -0.3 is 0 Å². The van der Waals surface area contributed by atoms with Crippen molar-refractivity contribution in [3.05, 3.63) is 98.7 Å². The molecule has 6 heteroatoms. The Labute approximate surface area is 188 Å². The third-order valence-corrected chi connectivity index (χ3v) is 5.66. The van der Waals surface area contributed by atoms with Crippen molar-refractivity contribution in [3.8, 4) is 11.4 Å². The monoisotopic (exact) mass is 475 g/mol. The van der Waals surface area contributed by atoms with Crippen LogP contribution >= 0.6 is 15.9 Å². The normalized spacial score (nSPS) is 10.9. The molecular formula is C25H22BrN3O2. The number of hydrogen-bond acceptors (Lipinski definition) is 3. The lowest BCUT2D eigenvalue weighted by atomic mass is 10.1. The number of nitrogens with zero attached hydrogens (tertiary/aromatic N) is 2. The Hall–Kier alpha value is -3.25. The summed E-state index contributed by atoms with van der Waals surface area (Å²) >= 11 is 3.42. The van der Waals surface area contributed by atoms with Gasteiger partial charge in [-0.25, -0.2) is 4.98 Å². The van der Waals surface area contributed by atoms with Crippen molar-refractivity contribution in [3.63, 3.8) is 0 Å². The highest BCUT2D eigenvalue weighted by Crippen LogP contribution is 2.21. The molecule has 4 aromatic rings. The van der Waals surface area contributed by atoms with Gasteiger partial charge in [-0.1, -0.05) is 65.7 Å². The average molecular weight is 476 g/mol. The zero-order chi connectivity index (χ0) is 21.8. The third-order valence-electron chi connectivity index (χ3n) is 5.13. The van der Waals surface area contributed by atoms with E-state index in [1.807, 2.05) is 42.5 Å². The van der Waals surface area contributed by atoms with Crippen molar-refractivity contribution in [2.24, 2.45) is 0 Å². The molecule has 156 valence electrons. The Balaban J connectivity index is 1.74. The molecule has 4 rings (SSSR count). The van der Waals surface area contributed by atoms with E-state index in [-0.39, 0.29) is 11.5 Å². The van der Waals surface area contributed by atoms with Crippen LogP contribution in [-0.2, 0) is 6.42 Å². The molecule has 1 amide bonds. The zero-order valence-electron chi connectivity index (χ0n) is 17.1. The highest BCUT2D eigenvalue weighted by molar-refractivity contribution is 9.10. The van der Waals surface area contributed by atoms with Crippen LogP contribution in [-0.4, -0.2) is 15.6 Å². The molecule has 0 bridgehead atoms. The first-order valence-corrected chi connectivity index (χ1v) is 11.0. The molecule has 0 atom stereocenters. The third kappa shape index (κ3) is 4.59. The second-order valence-corrected chi connectivity index (χ2v) is 8.26. The van der Waals surface area contributed by atoms with Crippen molar-refractivity contribution >= 4 is 32.7 Å². The quantitative estimate of drug-likeness (QED) is 0.397. The summed E-state index contributed by atoms with van der Waals surface area (Å²) < 4.78 is 2.15. The number of nitrogens with one attached hydrogen (secondary N) is 1. The van der Waals surface area contributed by atoms with Crippen LogP contribution in [0.5, 0.6) is 0 Å². The highest BCUT2D eigenvalue weighted by Gasteiger charge is 2.16. The molecule has 0 saturated heterocycles. The summed E-state index contributed by atoms with van der Waals surface area (Å²) in [4.78, 5) is 30.9. The topological polar surface area (TPSA) is 64.0 Å². The number of benzene rings is 3. The molecule has 5 nitrogen and oxygen atoms in total. The Kier molecular flexibility index (Phi) is 6.28. The fourth-order valence-electron chi connectivity index (χ4n) is 3.40. The van der Waals surface area contributed by atoms with Crippen LogP contribution in [0, 0.1) is 0 Å². The van der Waals surface area contributed by atoms with E-state index in [9.17, 15) is 9.59 Å². The average Bonchev–Trinajstić information content (AvgIpc) is 2.80. The molecule has 0 aliphatic heterocycles. The predicted molar refractivity (Wildman–Crippen MR) is 128 cm³/mol. The number of hydrogen-bond donors (Lipinski definition) is 1. The first kappa shape index (κ1) is 21.0. The van der Waals surface area contributed by atoms with Crippen molar-refractivity contribution in [1.82, 2.24) is 9.66 Å². The number of aryl methyl sites for hydroxylation is 1. The van der Waals surface area contributed by atoms with Crippen LogP contribution in [0.1, 0.15) is 35.7 Å². The van der Waals surface area contributed by atoms with Crippen LogP contribution in [0.25, 0.3) is 22.3 Å². The lowest BCUT2D eigenvalue weighted by Gasteiger charge is -2.15. The molecule has 3 aromatic carbocycles. The molecule has 31 heavy (non-hydrogen) atoms. The van der Waals surface area contributed by atoms with Crippen LogP contribution in [0.4, 0.5) is 0 Å². The summed E-state index contributed by atoms with van der Waals surface area (Å²) in [5.41, 5.74) is 5.42. The van der Waals surface area contributed by atoms with E-state index in [4.69, 9.17) is 0 Å². The second-order valence-electron chi connectivity index (χ2n) is 7.34. The number of fused-ring (bicyclic) bond motifs is 1. The second kappa shape index (κ2) is 9.27. The minimum Gasteiger partial charge on any atom is -0.267 e. The van der Waals surface area contributed by atoms with Gasteiger partial charge in [0, 0.05) is 15.6 Å². The Morgan fingerprint density at radius 3 is 2.42 bits per heavy atom. The number of rotatable bonds is 6. The summed E-state index contributed by atoms with van der Waals surface area (Å²) in [6.45, 7) is 2.15. The van der Waals surface area contributed by atoms with Gasteiger partial charge in [-0.05, 0) is 54.8 Å². The lowest BCUT2D eigenvalue weighted by molar-refractivity contribution is 0.101. The van der Waals surface area contributed by atoms with Gasteiger partial charge in [0.05, 0.1) is 10.9 Å². The van der Waals surface area contributed by atoms with Crippen molar-refractivity contribution in [1.29, 1.82) is 0 Å². The summed E-state index contributed by atoms with van der Waals surface area (Å²) in [7, 11) is 0. The maximum absolute atomic E-state index is 13.2. The Morgan fingerprint density at radius 2 is 1.71 bits per heavy atom. The van der Waals surface area contributed by atoms with E-state index in [1.54, 1.807) is 30.3 Å². The lowest BCUT2D eigenvalue weighted by Crippen LogP contribution is -2.35. The number of aromatic nitrogens is 2. The largest absolute Gasteiger partial charge is 0.280 e. The van der Waals surface area contributed by atoms with E-state index < -0.39 is 0 Å². The minimum atomic E-state index is -0.361. The summed E-state index contributed by atoms with van der Waals surface area (Å²) in [5.74, 6) is 0.0173. The van der Waals surface area contributed by atoms with Crippen molar-refractivity contribution < 1.29 is 4.79 Å². The number of carbonyl (C=O) groups excluding carboxylic acids is 1. The van der Waals surface area contributed by atoms with Gasteiger partial charge in [0.15, 0.2) is 5.82 Å². The molecule has 0 saturated carbocycles. The Morgan fingerprint density at radius 1 is 1.00 bits per heavy atom. The molecule has 0 radical (unpaired) electrons. The fraction of sp³-hybridized carbons (Fsp3) is 0.160. The van der Waals surface area contributed by atoms with E-state index in [0.29, 0.717) is 22.3 Å². The molecule has 0 aliphatic rings. The minimum absolute atomic E-state index is 0.323. The van der Waals surface area contributed by atoms with Gasteiger partial charge in [0.1, 0.15) is 0 Å². The predicted octanol–water partition coefficient (Wildman–Crippen LogP) is 5.55. The molecule has 0 aliphatic carbocycles. The fourth-order valence-corrected chi connectivity index (χ4v) is 3.66. The maximum Gasteiger partial charge on any atom is 0.280 e. The standard InChI is InChI=1S/C25H22BrN3O2/c1-2-3-6-17-9-11-19(12-10-17)24(30)28-29-23(18-13-15-20(26)16-14-18)27-22-8-5-4-7-21(22)25(29)31/h4-5,7-16H,2-3,6H2,1H3,(H,28,30). The molecule has 0 spiro atoms. The van der Waals surface area contributed by atoms with Gasteiger partial charge >= 0.3 is 0 Å². The van der Waals surface area contributed by atoms with Gasteiger partial charge in [-0.15, -0.1) is 0 Å². The van der Waals surface area contributed by atoms with Crippen molar-refractivity contribution in [2.45, 2.75) is 26.2 Å². The summed E-state index contributed by atoms with van der Waals surface area (Å²) in [6.07, 6.45) is 3.22. The highest BCUT2D eigenvalue weighted by atomic mass is 79.9. The molecule has 1 N–H and O–H groups in total. The van der Waals surface area contributed by atoms with Crippen molar-refractivity contribution in [2.75, 3.05) is 5.43 Å². The van der Waals surface area contributed by atoms with Gasteiger partial charge in [0.25, 0.3) is 11.5 Å². The van der Waals surface area contributed by atoms with Gasteiger partial charge in [-0.3, -0.25) is 15.0 Å². The molecule has 0 unspecified atom stereocenters. The maximum atomic E-state index is 13.2. The van der Waals surface area contributed by atoms with Gasteiger partial charge in [-0.2, -0.15) is 4.68 Å². The van der Waals surface area contributed by atoms with Crippen LogP contribution < -0.4 is 11.0 Å². The SMILES string of the molecule is CCCCc1ccc(C(=O)Nn2c(-c3ccc(Br)cc3)nc3ccccc3c2=O)cc1. The number of halogens is 1. The van der Waals surface area contributed by atoms with E-state index in [0.717, 1.165) is 29.3 Å². The number of amides is 1. The molecule has 1 aromatic heterocycles. The van der Waals surface area contributed by atoms with Gasteiger partial charge in [0.2, 0.25) is 0 Å². The summed E-state index contributed by atoms with van der Waals surface area (Å²) in [6, 6.07) is 22.1. The number of unbranched alkanes of at least 4 members (excludes halogenated alkanes) is 1. The molecule has 0 fully saturated rings. The van der Waals surface area contributed by atoms with Crippen LogP contribution in [0.15, 0.2) is 82.1 Å². The van der Waals surface area contributed by atoms with Crippen LogP contribution in [0.3, 0.4) is 0 Å². The zero-order valence-corrected chi connectivity index (χ0v) is 18.7. The first-order chi connectivity index (χ1) is 15.1. The van der Waals surface area contributed by atoms with E-state index in [2.05, 4.69) is 33.3 Å². The summed E-state index contributed by atoms with van der Waals surface area (Å²) in [5, 5.41) is 0.443. The Bertz CT molecular complexity index is 1280.